The maximum Gasteiger partial charge on any atom is 0.374 e. The Morgan fingerprint density at radius 2 is 2.20 bits per heavy atom. The van der Waals surface area contributed by atoms with E-state index < -0.39 is 5.97 Å². The predicted octanol–water partition coefficient (Wildman–Crippen LogP) is 1.74. The van der Waals surface area contributed by atoms with E-state index in [1.807, 2.05) is 19.1 Å². The molecule has 0 radical (unpaired) electrons. The molecule has 0 unspecified atom stereocenters. The van der Waals surface area contributed by atoms with Gasteiger partial charge in [-0.2, -0.15) is 0 Å². The highest BCUT2D eigenvalue weighted by atomic mass is 16.5. The van der Waals surface area contributed by atoms with E-state index in [2.05, 4.69) is 14.7 Å². The predicted molar refractivity (Wildman–Crippen MR) is 51.4 cm³/mol. The number of aryl methyl sites for hydroxylation is 1. The normalized spacial score (nSPS) is 10.2. The molecule has 5 nitrogen and oxygen atoms in total. The fourth-order valence-corrected chi connectivity index (χ4v) is 1.17. The van der Waals surface area contributed by atoms with E-state index in [0.29, 0.717) is 11.4 Å². The van der Waals surface area contributed by atoms with Crippen LogP contribution in [-0.2, 0) is 0 Å². The number of aromatic carboxylic acids is 1. The first-order chi connectivity index (χ1) is 7.16. The molecule has 0 aliphatic carbocycles. The van der Waals surface area contributed by atoms with Crippen molar-refractivity contribution in [3.8, 4) is 11.4 Å². The van der Waals surface area contributed by atoms with Gasteiger partial charge in [0.1, 0.15) is 5.69 Å². The van der Waals surface area contributed by atoms with Crippen LogP contribution in [0.2, 0.25) is 0 Å². The SMILES string of the molecule is Cc1ccnc(-c2cc(C(=O)O)on2)c1. The monoisotopic (exact) mass is 204 g/mol. The lowest BCUT2D eigenvalue weighted by molar-refractivity contribution is 0.0652. The second kappa shape index (κ2) is 3.53. The Morgan fingerprint density at radius 3 is 2.80 bits per heavy atom. The summed E-state index contributed by atoms with van der Waals surface area (Å²) in [5.41, 5.74) is 2.06. The van der Waals surface area contributed by atoms with Crippen LogP contribution in [0.1, 0.15) is 16.1 Å². The third-order valence-corrected chi connectivity index (χ3v) is 1.90. The van der Waals surface area contributed by atoms with Crippen molar-refractivity contribution in [1.29, 1.82) is 0 Å². The molecule has 0 amide bonds. The van der Waals surface area contributed by atoms with Gasteiger partial charge in [0.05, 0.1) is 5.69 Å². The number of rotatable bonds is 2. The van der Waals surface area contributed by atoms with E-state index in [1.54, 1.807) is 6.20 Å². The Labute approximate surface area is 85.4 Å². The van der Waals surface area contributed by atoms with Crippen LogP contribution in [0.5, 0.6) is 0 Å². The molecule has 2 rings (SSSR count). The van der Waals surface area contributed by atoms with Crippen LogP contribution >= 0.6 is 0 Å². The highest BCUT2D eigenvalue weighted by Gasteiger charge is 2.12. The van der Waals surface area contributed by atoms with Gasteiger partial charge in [0.2, 0.25) is 5.76 Å². The maximum absolute atomic E-state index is 10.6. The summed E-state index contributed by atoms with van der Waals surface area (Å²) in [5, 5.41) is 12.3. The van der Waals surface area contributed by atoms with E-state index in [1.165, 1.54) is 6.07 Å². The van der Waals surface area contributed by atoms with Crippen LogP contribution in [0.25, 0.3) is 11.4 Å². The van der Waals surface area contributed by atoms with Gasteiger partial charge in [-0.15, -0.1) is 0 Å². The number of carboxylic acids is 1. The Morgan fingerprint density at radius 1 is 1.40 bits per heavy atom. The number of carboxylic acid groups (broad SMARTS) is 1. The summed E-state index contributed by atoms with van der Waals surface area (Å²) in [6, 6.07) is 5.01. The molecule has 0 aliphatic rings. The number of hydrogen-bond donors (Lipinski definition) is 1. The molecule has 0 atom stereocenters. The van der Waals surface area contributed by atoms with E-state index in [4.69, 9.17) is 5.11 Å². The Bertz CT molecular complexity index is 505. The number of pyridine rings is 1. The summed E-state index contributed by atoms with van der Waals surface area (Å²) >= 11 is 0. The first-order valence-electron chi connectivity index (χ1n) is 4.30. The van der Waals surface area contributed by atoms with Crippen LogP contribution in [0, 0.1) is 6.92 Å². The third-order valence-electron chi connectivity index (χ3n) is 1.90. The molecular formula is C10H8N2O3. The molecule has 15 heavy (non-hydrogen) atoms. The van der Waals surface area contributed by atoms with Crippen LogP contribution in [0.15, 0.2) is 28.9 Å². The number of hydrogen-bond acceptors (Lipinski definition) is 4. The van der Waals surface area contributed by atoms with Crippen LogP contribution in [0.3, 0.4) is 0 Å². The van der Waals surface area contributed by atoms with Crippen molar-refractivity contribution < 1.29 is 14.4 Å². The molecule has 2 aromatic rings. The molecule has 2 aromatic heterocycles. The Balaban J connectivity index is 2.41. The van der Waals surface area contributed by atoms with Crippen molar-refractivity contribution in [1.82, 2.24) is 10.1 Å². The van der Waals surface area contributed by atoms with Crippen molar-refractivity contribution in [2.75, 3.05) is 0 Å². The molecule has 1 N–H and O–H groups in total. The van der Waals surface area contributed by atoms with Gasteiger partial charge in [-0.3, -0.25) is 4.98 Å². The lowest BCUT2D eigenvalue weighted by atomic mass is 10.2. The van der Waals surface area contributed by atoms with Crippen LogP contribution < -0.4 is 0 Å². The van der Waals surface area contributed by atoms with Gasteiger partial charge < -0.3 is 9.63 Å². The second-order valence-electron chi connectivity index (χ2n) is 3.10. The summed E-state index contributed by atoms with van der Waals surface area (Å²) in [6.45, 7) is 1.92. The standard InChI is InChI=1S/C10H8N2O3/c1-6-2-3-11-7(4-6)8-5-9(10(13)14)15-12-8/h2-5H,1H3,(H,13,14). The van der Waals surface area contributed by atoms with Gasteiger partial charge in [0.15, 0.2) is 0 Å². The van der Waals surface area contributed by atoms with E-state index in [-0.39, 0.29) is 5.76 Å². The zero-order valence-corrected chi connectivity index (χ0v) is 7.97. The smallest absolute Gasteiger partial charge is 0.374 e. The highest BCUT2D eigenvalue weighted by molar-refractivity contribution is 5.85. The largest absolute Gasteiger partial charge is 0.475 e. The van der Waals surface area contributed by atoms with Crippen LogP contribution in [0.4, 0.5) is 0 Å². The van der Waals surface area contributed by atoms with Crippen molar-refractivity contribution in [3.63, 3.8) is 0 Å². The van der Waals surface area contributed by atoms with Gasteiger partial charge in [0.25, 0.3) is 0 Å². The van der Waals surface area contributed by atoms with Gasteiger partial charge in [-0.1, -0.05) is 5.16 Å². The van der Waals surface area contributed by atoms with Crippen molar-refractivity contribution in [3.05, 3.63) is 35.7 Å². The summed E-state index contributed by atoms with van der Waals surface area (Å²) in [5.74, 6) is -1.32. The first-order valence-corrected chi connectivity index (χ1v) is 4.30. The number of aromatic nitrogens is 2. The average Bonchev–Trinajstić information content (AvgIpc) is 2.66. The van der Waals surface area contributed by atoms with E-state index >= 15 is 0 Å². The minimum absolute atomic E-state index is 0.187. The van der Waals surface area contributed by atoms with Crippen molar-refractivity contribution in [2.45, 2.75) is 6.92 Å². The molecule has 0 aromatic carbocycles. The van der Waals surface area contributed by atoms with Gasteiger partial charge >= 0.3 is 5.97 Å². The molecule has 5 heteroatoms. The topological polar surface area (TPSA) is 76.2 Å². The minimum atomic E-state index is -1.14. The van der Waals surface area contributed by atoms with Crippen LogP contribution in [-0.4, -0.2) is 21.2 Å². The zero-order valence-electron chi connectivity index (χ0n) is 7.97. The molecule has 0 spiro atoms. The van der Waals surface area contributed by atoms with Gasteiger partial charge in [0, 0.05) is 12.3 Å². The molecular weight excluding hydrogens is 196 g/mol. The minimum Gasteiger partial charge on any atom is -0.475 e. The fraction of sp³-hybridized carbons (Fsp3) is 0.100. The summed E-state index contributed by atoms with van der Waals surface area (Å²) in [7, 11) is 0. The zero-order chi connectivity index (χ0) is 10.8. The lowest BCUT2D eigenvalue weighted by Crippen LogP contribution is -1.91. The summed E-state index contributed by atoms with van der Waals surface area (Å²) in [6.07, 6.45) is 1.64. The summed E-state index contributed by atoms with van der Waals surface area (Å²) in [4.78, 5) is 14.6. The molecule has 0 saturated heterocycles. The quantitative estimate of drug-likeness (QED) is 0.806. The number of carbonyl (C=O) groups is 1. The lowest BCUT2D eigenvalue weighted by Gasteiger charge is -1.94. The number of nitrogens with zero attached hydrogens (tertiary/aromatic N) is 2. The average molecular weight is 204 g/mol. The molecule has 2 heterocycles. The Hall–Kier alpha value is -2.17. The van der Waals surface area contributed by atoms with Crippen molar-refractivity contribution in [2.24, 2.45) is 0 Å². The van der Waals surface area contributed by atoms with E-state index in [9.17, 15) is 4.79 Å². The highest BCUT2D eigenvalue weighted by Crippen LogP contribution is 2.17. The fourth-order valence-electron chi connectivity index (χ4n) is 1.17. The van der Waals surface area contributed by atoms with Gasteiger partial charge in [-0.05, 0) is 24.6 Å². The van der Waals surface area contributed by atoms with Gasteiger partial charge in [-0.25, -0.2) is 4.79 Å². The second-order valence-corrected chi connectivity index (χ2v) is 3.10. The molecule has 0 saturated carbocycles. The third kappa shape index (κ3) is 1.85. The molecule has 0 bridgehead atoms. The molecule has 0 fully saturated rings. The molecule has 0 aliphatic heterocycles. The van der Waals surface area contributed by atoms with Crippen molar-refractivity contribution >= 4 is 5.97 Å². The first kappa shape index (κ1) is 9.39. The van der Waals surface area contributed by atoms with E-state index in [0.717, 1.165) is 5.56 Å². The molecule has 76 valence electrons. The maximum atomic E-state index is 10.6. The Kier molecular flexibility index (Phi) is 2.21. The summed E-state index contributed by atoms with van der Waals surface area (Å²) < 4.78 is 4.63.